The lowest BCUT2D eigenvalue weighted by Gasteiger charge is -2.24. The first-order chi connectivity index (χ1) is 11.7. The molecule has 24 heavy (non-hydrogen) atoms. The predicted octanol–water partition coefficient (Wildman–Crippen LogP) is 0.380. The smallest absolute Gasteiger partial charge is 0.158 e. The van der Waals surface area contributed by atoms with Crippen molar-refractivity contribution in [2.75, 3.05) is 39.4 Å². The summed E-state index contributed by atoms with van der Waals surface area (Å²) in [6.07, 6.45) is 1.21. The van der Waals surface area contributed by atoms with Crippen LogP contribution < -0.4 is 9.80 Å². The Morgan fingerprint density at radius 1 is 0.917 bits per heavy atom. The van der Waals surface area contributed by atoms with Gasteiger partial charge in [0.2, 0.25) is 0 Å². The van der Waals surface area contributed by atoms with Crippen LogP contribution in [0.25, 0.3) is 0 Å². The quantitative estimate of drug-likeness (QED) is 0.734. The van der Waals surface area contributed by atoms with Crippen molar-refractivity contribution in [3.8, 4) is 0 Å². The lowest BCUT2D eigenvalue weighted by molar-refractivity contribution is -0.940. The van der Waals surface area contributed by atoms with Crippen LogP contribution in [0.4, 0.5) is 0 Å². The number of ether oxygens (including phenoxy) is 1. The Balaban J connectivity index is 1.53. The Hall–Kier alpha value is -1.56. The van der Waals surface area contributed by atoms with E-state index in [4.69, 9.17) is 13.6 Å². The number of nitrogens with one attached hydrogen (secondary N) is 2. The van der Waals surface area contributed by atoms with Gasteiger partial charge in [0.25, 0.3) is 0 Å². The molecule has 0 amide bonds. The molecule has 0 aliphatic carbocycles. The molecule has 5 heteroatoms. The van der Waals surface area contributed by atoms with Crippen LogP contribution in [-0.2, 0) is 17.8 Å². The molecule has 3 heterocycles. The summed E-state index contributed by atoms with van der Waals surface area (Å²) in [6.45, 7) is 12.3. The van der Waals surface area contributed by atoms with Crippen molar-refractivity contribution < 1.29 is 23.4 Å². The third-order valence-electron chi connectivity index (χ3n) is 4.70. The van der Waals surface area contributed by atoms with E-state index < -0.39 is 0 Å². The summed E-state index contributed by atoms with van der Waals surface area (Å²) in [5.41, 5.74) is 0. The number of aryl methyl sites for hydroxylation is 2. The highest BCUT2D eigenvalue weighted by molar-refractivity contribution is 5.05. The number of morpholine rings is 1. The fourth-order valence-corrected chi connectivity index (χ4v) is 3.39. The molecule has 1 saturated heterocycles. The largest absolute Gasteiger partial charge is 0.460 e. The van der Waals surface area contributed by atoms with Gasteiger partial charge in [0, 0.05) is 6.42 Å². The summed E-state index contributed by atoms with van der Waals surface area (Å²) in [6, 6.07) is 8.27. The molecule has 0 bridgehead atoms. The molecule has 0 spiro atoms. The van der Waals surface area contributed by atoms with Gasteiger partial charge in [-0.05, 0) is 38.1 Å². The van der Waals surface area contributed by atoms with Gasteiger partial charge in [-0.25, -0.2) is 0 Å². The molecule has 0 saturated carbocycles. The molecule has 5 nitrogen and oxygen atoms in total. The lowest BCUT2D eigenvalue weighted by Crippen LogP contribution is -3.15. The molecular weight excluding hydrogens is 304 g/mol. The molecule has 0 aromatic carbocycles. The van der Waals surface area contributed by atoms with Crippen molar-refractivity contribution in [2.45, 2.75) is 33.4 Å². The first-order valence-corrected chi connectivity index (χ1v) is 9.04. The number of quaternary nitrogens is 2. The maximum atomic E-state index is 5.78. The van der Waals surface area contributed by atoms with Gasteiger partial charge >= 0.3 is 0 Å². The van der Waals surface area contributed by atoms with Crippen LogP contribution in [0.3, 0.4) is 0 Å². The standard InChI is InChI=1S/C19H28N2O3/c1-16-4-6-18(23-16)14-21(15-19-7-5-17(2)24-19)9-3-8-20-10-12-22-13-11-20/h4-7H,3,8-15H2,1-2H3/p+2. The summed E-state index contributed by atoms with van der Waals surface area (Å²) < 4.78 is 17.0. The second-order valence-electron chi connectivity index (χ2n) is 6.84. The van der Waals surface area contributed by atoms with Crippen LogP contribution in [0, 0.1) is 13.8 Å². The van der Waals surface area contributed by atoms with Gasteiger partial charge in [-0.1, -0.05) is 0 Å². The van der Waals surface area contributed by atoms with Crippen LogP contribution >= 0.6 is 0 Å². The van der Waals surface area contributed by atoms with E-state index in [1.807, 2.05) is 26.0 Å². The zero-order valence-corrected chi connectivity index (χ0v) is 14.9. The van der Waals surface area contributed by atoms with Gasteiger partial charge in [-0.2, -0.15) is 0 Å². The van der Waals surface area contributed by atoms with Crippen molar-refractivity contribution in [1.29, 1.82) is 0 Å². The highest BCUT2D eigenvalue weighted by Gasteiger charge is 2.18. The van der Waals surface area contributed by atoms with Gasteiger partial charge in [0.1, 0.15) is 37.7 Å². The molecule has 0 atom stereocenters. The fraction of sp³-hybridized carbons (Fsp3) is 0.579. The van der Waals surface area contributed by atoms with E-state index in [1.54, 1.807) is 4.90 Å². The topological polar surface area (TPSA) is 44.4 Å². The number of hydrogen-bond donors (Lipinski definition) is 2. The highest BCUT2D eigenvalue weighted by atomic mass is 16.5. The summed E-state index contributed by atoms with van der Waals surface area (Å²) in [5.74, 6) is 4.08. The normalized spacial score (nSPS) is 16.1. The molecule has 1 fully saturated rings. The van der Waals surface area contributed by atoms with Crippen LogP contribution in [0.1, 0.15) is 29.5 Å². The molecule has 2 aromatic heterocycles. The lowest BCUT2D eigenvalue weighted by atomic mass is 10.3. The minimum absolute atomic E-state index is 0.906. The first-order valence-electron chi connectivity index (χ1n) is 9.04. The highest BCUT2D eigenvalue weighted by Crippen LogP contribution is 2.06. The van der Waals surface area contributed by atoms with E-state index in [-0.39, 0.29) is 0 Å². The molecule has 0 radical (unpaired) electrons. The van der Waals surface area contributed by atoms with E-state index >= 15 is 0 Å². The van der Waals surface area contributed by atoms with Crippen molar-refractivity contribution in [2.24, 2.45) is 0 Å². The Bertz CT molecular complexity index is 571. The molecule has 132 valence electrons. The Kier molecular flexibility index (Phi) is 6.12. The van der Waals surface area contributed by atoms with Gasteiger partial charge < -0.3 is 23.4 Å². The van der Waals surface area contributed by atoms with Gasteiger partial charge in [0.05, 0.1) is 26.3 Å². The molecule has 3 rings (SSSR count). The molecule has 2 aromatic rings. The van der Waals surface area contributed by atoms with Crippen LogP contribution in [-0.4, -0.2) is 39.4 Å². The predicted molar refractivity (Wildman–Crippen MR) is 91.1 cm³/mol. The number of hydrogen-bond acceptors (Lipinski definition) is 3. The van der Waals surface area contributed by atoms with Gasteiger partial charge in [0.15, 0.2) is 11.5 Å². The van der Waals surface area contributed by atoms with Gasteiger partial charge in [-0.15, -0.1) is 0 Å². The van der Waals surface area contributed by atoms with E-state index in [9.17, 15) is 0 Å². The van der Waals surface area contributed by atoms with Crippen molar-refractivity contribution in [3.05, 3.63) is 47.3 Å². The average molecular weight is 334 g/mol. The van der Waals surface area contributed by atoms with Crippen molar-refractivity contribution >= 4 is 0 Å². The zero-order chi connectivity index (χ0) is 16.8. The summed E-state index contributed by atoms with van der Waals surface area (Å²) in [4.78, 5) is 3.16. The molecule has 1 aliphatic rings. The van der Waals surface area contributed by atoms with E-state index in [0.29, 0.717) is 0 Å². The number of furan rings is 2. The van der Waals surface area contributed by atoms with Crippen LogP contribution in [0.15, 0.2) is 33.1 Å². The fourth-order valence-electron chi connectivity index (χ4n) is 3.39. The molecule has 1 aliphatic heterocycles. The maximum absolute atomic E-state index is 5.78. The first kappa shape index (κ1) is 17.3. The van der Waals surface area contributed by atoms with E-state index in [0.717, 1.165) is 69.0 Å². The summed E-state index contributed by atoms with van der Waals surface area (Å²) >= 11 is 0. The SMILES string of the molecule is Cc1ccc(C[NH+](CCC[NH+]2CCOCC2)Cc2ccc(C)o2)o1. The van der Waals surface area contributed by atoms with Crippen LogP contribution in [0.2, 0.25) is 0 Å². The second kappa shape index (κ2) is 8.51. The monoisotopic (exact) mass is 334 g/mol. The summed E-state index contributed by atoms with van der Waals surface area (Å²) in [5, 5.41) is 0. The molecule has 0 unspecified atom stereocenters. The summed E-state index contributed by atoms with van der Waals surface area (Å²) in [7, 11) is 0. The third-order valence-corrected chi connectivity index (χ3v) is 4.70. The Morgan fingerprint density at radius 2 is 1.50 bits per heavy atom. The third kappa shape index (κ3) is 5.23. The van der Waals surface area contributed by atoms with Crippen LogP contribution in [0.5, 0.6) is 0 Å². The maximum Gasteiger partial charge on any atom is 0.158 e. The Labute approximate surface area is 144 Å². The van der Waals surface area contributed by atoms with Crippen molar-refractivity contribution in [3.63, 3.8) is 0 Å². The average Bonchev–Trinajstić information content (AvgIpc) is 3.16. The Morgan fingerprint density at radius 3 is 2.00 bits per heavy atom. The molecular formula is C19H30N2O3+2. The van der Waals surface area contributed by atoms with E-state index in [1.165, 1.54) is 17.9 Å². The minimum Gasteiger partial charge on any atom is -0.460 e. The zero-order valence-electron chi connectivity index (χ0n) is 14.9. The minimum atomic E-state index is 0.906. The van der Waals surface area contributed by atoms with E-state index in [2.05, 4.69) is 12.1 Å². The molecule has 2 N–H and O–H groups in total. The van der Waals surface area contributed by atoms with Gasteiger partial charge in [-0.3, -0.25) is 0 Å². The second-order valence-corrected chi connectivity index (χ2v) is 6.84. The van der Waals surface area contributed by atoms with Crippen molar-refractivity contribution in [1.82, 2.24) is 0 Å². The number of rotatable bonds is 8.